The number of rotatable bonds is 7. The van der Waals surface area contributed by atoms with Gasteiger partial charge in [0.05, 0.1) is 0 Å². The van der Waals surface area contributed by atoms with E-state index in [0.29, 0.717) is 0 Å². The first-order valence-corrected chi connectivity index (χ1v) is 7.76. The van der Waals surface area contributed by atoms with Crippen LogP contribution in [0.4, 0.5) is 5.69 Å². The first kappa shape index (κ1) is 15.8. The van der Waals surface area contributed by atoms with Crippen LogP contribution in [0.1, 0.15) is 25.0 Å². The SMILES string of the molecule is CCNCc1c(Cl)cccc1N(CC)Cc1ccncc1. The van der Waals surface area contributed by atoms with Gasteiger partial charge in [-0.2, -0.15) is 0 Å². The maximum Gasteiger partial charge on any atom is 0.0471 e. The van der Waals surface area contributed by atoms with Gasteiger partial charge in [-0.1, -0.05) is 24.6 Å². The Balaban J connectivity index is 2.27. The van der Waals surface area contributed by atoms with Crippen LogP contribution < -0.4 is 10.2 Å². The van der Waals surface area contributed by atoms with Crippen molar-refractivity contribution in [2.75, 3.05) is 18.0 Å². The quantitative estimate of drug-likeness (QED) is 0.841. The molecule has 0 saturated heterocycles. The molecular formula is C17H22ClN3. The Hall–Kier alpha value is -1.58. The van der Waals surface area contributed by atoms with E-state index >= 15 is 0 Å². The monoisotopic (exact) mass is 303 g/mol. The Morgan fingerprint density at radius 3 is 2.57 bits per heavy atom. The standard InChI is InChI=1S/C17H22ClN3/c1-3-19-12-15-16(18)6-5-7-17(15)21(4-2)13-14-8-10-20-11-9-14/h5-11,19H,3-4,12-13H2,1-2H3. The second kappa shape index (κ2) is 8.01. The lowest BCUT2D eigenvalue weighted by Gasteiger charge is -2.26. The molecule has 1 aromatic heterocycles. The highest BCUT2D eigenvalue weighted by atomic mass is 35.5. The van der Waals surface area contributed by atoms with Gasteiger partial charge in [0.1, 0.15) is 0 Å². The maximum atomic E-state index is 6.39. The fourth-order valence-corrected chi connectivity index (χ4v) is 2.58. The molecular weight excluding hydrogens is 282 g/mol. The molecule has 0 aliphatic heterocycles. The van der Waals surface area contributed by atoms with Crippen molar-refractivity contribution < 1.29 is 0 Å². The van der Waals surface area contributed by atoms with Crippen molar-refractivity contribution in [3.05, 3.63) is 58.9 Å². The van der Waals surface area contributed by atoms with Crippen LogP contribution in [0.3, 0.4) is 0 Å². The van der Waals surface area contributed by atoms with Crippen LogP contribution in [0.2, 0.25) is 5.02 Å². The summed E-state index contributed by atoms with van der Waals surface area (Å²) >= 11 is 6.39. The van der Waals surface area contributed by atoms with E-state index in [9.17, 15) is 0 Å². The first-order valence-electron chi connectivity index (χ1n) is 7.38. The van der Waals surface area contributed by atoms with Crippen LogP contribution in [0.5, 0.6) is 0 Å². The van der Waals surface area contributed by atoms with Gasteiger partial charge in [0.2, 0.25) is 0 Å². The number of pyridine rings is 1. The molecule has 4 heteroatoms. The van der Waals surface area contributed by atoms with Crippen molar-refractivity contribution in [2.45, 2.75) is 26.9 Å². The minimum atomic E-state index is 0.790. The van der Waals surface area contributed by atoms with Crippen LogP contribution in [0, 0.1) is 0 Å². The number of nitrogens with zero attached hydrogens (tertiary/aromatic N) is 2. The minimum absolute atomic E-state index is 0.790. The molecule has 0 spiro atoms. The summed E-state index contributed by atoms with van der Waals surface area (Å²) in [7, 11) is 0. The third-order valence-electron chi connectivity index (χ3n) is 3.49. The first-order chi connectivity index (χ1) is 10.3. The predicted octanol–water partition coefficient (Wildman–Crippen LogP) is 3.87. The molecule has 21 heavy (non-hydrogen) atoms. The van der Waals surface area contributed by atoms with Crippen LogP contribution in [-0.2, 0) is 13.1 Å². The summed E-state index contributed by atoms with van der Waals surface area (Å²) in [5.41, 5.74) is 3.61. The highest BCUT2D eigenvalue weighted by Crippen LogP contribution is 2.28. The predicted molar refractivity (Wildman–Crippen MR) is 89.8 cm³/mol. The molecule has 3 nitrogen and oxygen atoms in total. The van der Waals surface area contributed by atoms with Gasteiger partial charge in [0, 0.05) is 48.3 Å². The van der Waals surface area contributed by atoms with E-state index in [0.717, 1.165) is 36.8 Å². The zero-order valence-corrected chi connectivity index (χ0v) is 13.4. The summed E-state index contributed by atoms with van der Waals surface area (Å²) < 4.78 is 0. The fraction of sp³-hybridized carbons (Fsp3) is 0.353. The van der Waals surface area contributed by atoms with Crippen LogP contribution >= 0.6 is 11.6 Å². The molecule has 0 unspecified atom stereocenters. The number of aromatic nitrogens is 1. The van der Waals surface area contributed by atoms with Crippen molar-refractivity contribution in [3.8, 4) is 0 Å². The average molecular weight is 304 g/mol. The van der Waals surface area contributed by atoms with Gasteiger partial charge in [-0.3, -0.25) is 4.98 Å². The molecule has 1 heterocycles. The second-order valence-corrected chi connectivity index (χ2v) is 5.29. The number of halogens is 1. The smallest absolute Gasteiger partial charge is 0.0471 e. The summed E-state index contributed by atoms with van der Waals surface area (Å²) in [5.74, 6) is 0. The third-order valence-corrected chi connectivity index (χ3v) is 3.85. The summed E-state index contributed by atoms with van der Waals surface area (Å²) in [6, 6.07) is 10.2. The molecule has 0 amide bonds. The van der Waals surface area contributed by atoms with Gasteiger partial charge in [0.15, 0.2) is 0 Å². The lowest BCUT2D eigenvalue weighted by atomic mass is 10.1. The van der Waals surface area contributed by atoms with Gasteiger partial charge in [-0.15, -0.1) is 0 Å². The van der Waals surface area contributed by atoms with E-state index in [1.165, 1.54) is 11.3 Å². The molecule has 0 radical (unpaired) electrons. The van der Waals surface area contributed by atoms with Crippen LogP contribution in [-0.4, -0.2) is 18.1 Å². The van der Waals surface area contributed by atoms with Crippen molar-refractivity contribution in [2.24, 2.45) is 0 Å². The molecule has 1 N–H and O–H groups in total. The van der Waals surface area contributed by atoms with E-state index in [1.54, 1.807) is 0 Å². The van der Waals surface area contributed by atoms with Crippen molar-refractivity contribution >= 4 is 17.3 Å². The molecule has 0 saturated carbocycles. The number of anilines is 1. The Bertz CT molecular complexity index is 557. The molecule has 0 bridgehead atoms. The topological polar surface area (TPSA) is 28.2 Å². The molecule has 2 aromatic rings. The zero-order valence-electron chi connectivity index (χ0n) is 12.6. The summed E-state index contributed by atoms with van der Waals surface area (Å²) in [4.78, 5) is 6.41. The molecule has 0 aliphatic rings. The maximum absolute atomic E-state index is 6.39. The summed E-state index contributed by atoms with van der Waals surface area (Å²) in [5, 5.41) is 4.19. The highest BCUT2D eigenvalue weighted by molar-refractivity contribution is 6.31. The Labute approximate surface area is 132 Å². The van der Waals surface area contributed by atoms with Gasteiger partial charge in [-0.05, 0) is 43.3 Å². The normalized spacial score (nSPS) is 10.6. The fourth-order valence-electron chi connectivity index (χ4n) is 2.34. The summed E-state index contributed by atoms with van der Waals surface area (Å²) in [6.45, 7) is 7.78. The Kier molecular flexibility index (Phi) is 6.03. The van der Waals surface area contributed by atoms with Crippen molar-refractivity contribution in [3.63, 3.8) is 0 Å². The van der Waals surface area contributed by atoms with Gasteiger partial charge in [-0.25, -0.2) is 0 Å². The minimum Gasteiger partial charge on any atom is -0.367 e. The van der Waals surface area contributed by atoms with Crippen LogP contribution in [0.25, 0.3) is 0 Å². The zero-order chi connectivity index (χ0) is 15.1. The number of nitrogens with one attached hydrogen (secondary N) is 1. The highest BCUT2D eigenvalue weighted by Gasteiger charge is 2.12. The summed E-state index contributed by atoms with van der Waals surface area (Å²) in [6.07, 6.45) is 3.67. The lowest BCUT2D eigenvalue weighted by molar-refractivity contribution is 0.719. The van der Waals surface area contributed by atoms with Crippen LogP contribution in [0.15, 0.2) is 42.7 Å². The third kappa shape index (κ3) is 4.19. The average Bonchev–Trinajstić information content (AvgIpc) is 2.52. The molecule has 1 aromatic carbocycles. The number of hydrogen-bond acceptors (Lipinski definition) is 3. The Morgan fingerprint density at radius 1 is 1.14 bits per heavy atom. The van der Waals surface area contributed by atoms with E-state index in [1.807, 2.05) is 24.5 Å². The van der Waals surface area contributed by atoms with E-state index in [-0.39, 0.29) is 0 Å². The number of hydrogen-bond donors (Lipinski definition) is 1. The largest absolute Gasteiger partial charge is 0.367 e. The lowest BCUT2D eigenvalue weighted by Crippen LogP contribution is -2.25. The van der Waals surface area contributed by atoms with Gasteiger partial charge >= 0.3 is 0 Å². The van der Waals surface area contributed by atoms with Gasteiger partial charge in [0.25, 0.3) is 0 Å². The second-order valence-electron chi connectivity index (χ2n) is 4.89. The molecule has 112 valence electrons. The van der Waals surface area contributed by atoms with Gasteiger partial charge < -0.3 is 10.2 Å². The molecule has 0 atom stereocenters. The van der Waals surface area contributed by atoms with E-state index < -0.39 is 0 Å². The molecule has 0 aliphatic carbocycles. The Morgan fingerprint density at radius 2 is 1.90 bits per heavy atom. The molecule has 0 fully saturated rings. The van der Waals surface area contributed by atoms with Crippen molar-refractivity contribution in [1.82, 2.24) is 10.3 Å². The number of benzene rings is 1. The van der Waals surface area contributed by atoms with Crippen molar-refractivity contribution in [1.29, 1.82) is 0 Å². The van der Waals surface area contributed by atoms with E-state index in [4.69, 9.17) is 11.6 Å². The van der Waals surface area contributed by atoms with E-state index in [2.05, 4.69) is 47.2 Å². The molecule has 2 rings (SSSR count).